The number of benzene rings is 6. The largest absolute Gasteiger partial charge is 0.523 e. The minimum atomic E-state index is -5.96. The molecule has 4 nitrogen and oxygen atoms in total. The van der Waals surface area contributed by atoms with Gasteiger partial charge in [0.15, 0.2) is 0 Å². The van der Waals surface area contributed by atoms with Gasteiger partial charge in [-0.05, 0) is 91.7 Å². The van der Waals surface area contributed by atoms with Gasteiger partial charge in [0.05, 0.1) is 11.6 Å². The Hall–Kier alpha value is -4.36. The molecule has 1 unspecified atom stereocenters. The number of alkyl halides is 3. The highest BCUT2D eigenvalue weighted by molar-refractivity contribution is 8.32. The summed E-state index contributed by atoms with van der Waals surface area (Å²) >= 11 is 0. The smallest absolute Gasteiger partial charge is 0.209 e. The Morgan fingerprint density at radius 2 is 1.30 bits per heavy atom. The molecule has 0 aliphatic rings. The molecule has 6 aromatic rings. The van der Waals surface area contributed by atoms with Crippen LogP contribution in [0.5, 0.6) is 0 Å². The normalized spacial score (nSPS) is 14.4. The third-order valence-corrected chi connectivity index (χ3v) is 12.1. The summed E-state index contributed by atoms with van der Waals surface area (Å²) in [5.41, 5.74) is -3.33. The standard InChI is InChI=1S/C34H24F3NO3S2/c1-42(41-43(39,40)34(35,36)37,22-24-16-14-23(21-38)15-17-24)32-13-7-6-12-30(32)33-29-11-5-4-10-27(29)19-28-18-25-8-2-3-9-26(25)20-31(28)33/h2-20H,22H2,1H3. The molecule has 0 aliphatic carbocycles. The molecular weight excluding hydrogens is 592 g/mol. The van der Waals surface area contributed by atoms with Crippen molar-refractivity contribution < 1.29 is 25.2 Å². The average Bonchev–Trinajstić information content (AvgIpc) is 2.98. The maximum absolute atomic E-state index is 13.8. The fraction of sp³-hybridized carbons (Fsp3) is 0.0882. The van der Waals surface area contributed by atoms with Crippen molar-refractivity contribution >= 4 is 52.7 Å². The highest BCUT2D eigenvalue weighted by Crippen LogP contribution is 2.62. The van der Waals surface area contributed by atoms with Crippen LogP contribution in [0.1, 0.15) is 11.1 Å². The second kappa shape index (κ2) is 10.7. The topological polar surface area (TPSA) is 67.2 Å². The van der Waals surface area contributed by atoms with Crippen molar-refractivity contribution in [3.05, 3.63) is 126 Å². The van der Waals surface area contributed by atoms with E-state index in [-0.39, 0.29) is 5.75 Å². The SMILES string of the molecule is CS(Cc1ccc(C#N)cc1)(OS(=O)(=O)C(F)(F)F)c1ccccc1-c1c2ccccc2cc2cc3ccccc3cc12. The number of hydrogen-bond acceptors (Lipinski definition) is 4. The summed E-state index contributed by atoms with van der Waals surface area (Å²) in [6.45, 7) is 0. The lowest BCUT2D eigenvalue weighted by atomic mass is 9.90. The molecule has 0 N–H and O–H groups in total. The van der Waals surface area contributed by atoms with E-state index in [4.69, 9.17) is 3.63 Å². The van der Waals surface area contributed by atoms with Crippen LogP contribution in [0.25, 0.3) is 43.4 Å². The molecule has 216 valence electrons. The second-order valence-electron chi connectivity index (χ2n) is 10.3. The Bertz CT molecular complexity index is 2170. The van der Waals surface area contributed by atoms with Gasteiger partial charge in [-0.15, -0.1) is 0 Å². The Kier molecular flexibility index (Phi) is 7.17. The first-order valence-electron chi connectivity index (χ1n) is 13.2. The molecule has 0 amide bonds. The third-order valence-electron chi connectivity index (χ3n) is 7.40. The maximum Gasteiger partial charge on any atom is 0.523 e. The molecule has 0 aromatic heterocycles. The van der Waals surface area contributed by atoms with E-state index in [9.17, 15) is 26.9 Å². The quantitative estimate of drug-likeness (QED) is 0.138. The van der Waals surface area contributed by atoms with Crippen LogP contribution in [0.15, 0.2) is 120 Å². The van der Waals surface area contributed by atoms with Gasteiger partial charge in [-0.3, -0.25) is 0 Å². The fourth-order valence-corrected chi connectivity index (χ4v) is 9.83. The van der Waals surface area contributed by atoms with Crippen LogP contribution in [-0.2, 0) is 19.5 Å². The minimum absolute atomic E-state index is 0.128. The lowest BCUT2D eigenvalue weighted by Gasteiger charge is -2.37. The van der Waals surface area contributed by atoms with E-state index in [1.807, 2.05) is 54.6 Å². The van der Waals surface area contributed by atoms with Crippen LogP contribution in [-0.4, -0.2) is 20.2 Å². The highest BCUT2D eigenvalue weighted by Gasteiger charge is 2.51. The zero-order valence-corrected chi connectivity index (χ0v) is 24.4. The molecule has 0 aliphatic heterocycles. The van der Waals surface area contributed by atoms with Crippen molar-refractivity contribution in [3.8, 4) is 17.2 Å². The number of nitrogens with zero attached hydrogens (tertiary/aromatic N) is 1. The highest BCUT2D eigenvalue weighted by atomic mass is 32.3. The van der Waals surface area contributed by atoms with Crippen LogP contribution >= 0.6 is 10.3 Å². The molecule has 0 saturated heterocycles. The molecule has 1 atom stereocenters. The van der Waals surface area contributed by atoms with Gasteiger partial charge in [0.25, 0.3) is 0 Å². The van der Waals surface area contributed by atoms with E-state index in [0.717, 1.165) is 37.9 Å². The maximum atomic E-state index is 13.8. The van der Waals surface area contributed by atoms with E-state index in [1.54, 1.807) is 48.5 Å². The number of rotatable bonds is 6. The summed E-state index contributed by atoms with van der Waals surface area (Å²) in [4.78, 5) is 0.359. The summed E-state index contributed by atoms with van der Waals surface area (Å²) in [5, 5.41) is 14.9. The van der Waals surface area contributed by atoms with Gasteiger partial charge >= 0.3 is 15.6 Å². The summed E-state index contributed by atoms with van der Waals surface area (Å²) in [6, 6.07) is 37.1. The molecular formula is C34H24F3NO3S2. The predicted molar refractivity (Wildman–Crippen MR) is 167 cm³/mol. The fourth-order valence-electron chi connectivity index (χ4n) is 5.47. The van der Waals surface area contributed by atoms with Crippen molar-refractivity contribution in [1.29, 1.82) is 5.26 Å². The van der Waals surface area contributed by atoms with E-state index in [0.29, 0.717) is 21.6 Å². The number of fused-ring (bicyclic) bond motifs is 3. The van der Waals surface area contributed by atoms with Gasteiger partial charge in [0.1, 0.15) is 0 Å². The van der Waals surface area contributed by atoms with Gasteiger partial charge in [0.2, 0.25) is 0 Å². The molecule has 9 heteroatoms. The Morgan fingerprint density at radius 1 is 0.721 bits per heavy atom. The van der Waals surface area contributed by atoms with E-state index < -0.39 is 25.9 Å². The molecule has 6 aromatic carbocycles. The Morgan fingerprint density at radius 3 is 1.98 bits per heavy atom. The van der Waals surface area contributed by atoms with Crippen LogP contribution < -0.4 is 0 Å². The number of halogens is 3. The summed E-state index contributed by atoms with van der Waals surface area (Å²) < 4.78 is 71.7. The van der Waals surface area contributed by atoms with E-state index >= 15 is 0 Å². The molecule has 0 saturated carbocycles. The van der Waals surface area contributed by atoms with Crippen LogP contribution in [0.2, 0.25) is 0 Å². The number of hydrogen-bond donors (Lipinski definition) is 0. The van der Waals surface area contributed by atoms with Crippen molar-refractivity contribution in [2.75, 3.05) is 6.26 Å². The zero-order chi connectivity index (χ0) is 30.4. The van der Waals surface area contributed by atoms with E-state index in [2.05, 4.69) is 18.2 Å². The van der Waals surface area contributed by atoms with Crippen LogP contribution in [0.4, 0.5) is 13.2 Å². The van der Waals surface area contributed by atoms with Crippen molar-refractivity contribution in [2.24, 2.45) is 0 Å². The number of nitriles is 1. The lowest BCUT2D eigenvalue weighted by molar-refractivity contribution is -0.0496. The molecule has 0 heterocycles. The first-order chi connectivity index (χ1) is 20.5. The Balaban J connectivity index is 1.66. The molecule has 0 fully saturated rings. The van der Waals surface area contributed by atoms with Crippen molar-refractivity contribution in [1.82, 2.24) is 0 Å². The zero-order valence-electron chi connectivity index (χ0n) is 22.8. The lowest BCUT2D eigenvalue weighted by Crippen LogP contribution is -2.27. The van der Waals surface area contributed by atoms with Gasteiger partial charge in [0, 0.05) is 10.6 Å². The Labute approximate surface area is 248 Å². The molecule has 0 radical (unpaired) electrons. The average molecular weight is 616 g/mol. The van der Waals surface area contributed by atoms with Gasteiger partial charge in [-0.2, -0.15) is 26.9 Å². The van der Waals surface area contributed by atoms with Gasteiger partial charge < -0.3 is 0 Å². The van der Waals surface area contributed by atoms with E-state index in [1.165, 1.54) is 6.26 Å². The molecule has 0 spiro atoms. The second-order valence-corrected chi connectivity index (χ2v) is 15.0. The summed E-state index contributed by atoms with van der Waals surface area (Å²) in [6.07, 6.45) is 1.44. The molecule has 0 bridgehead atoms. The van der Waals surface area contributed by atoms with Gasteiger partial charge in [-0.1, -0.05) is 89.2 Å². The summed E-state index contributed by atoms with van der Waals surface area (Å²) in [7, 11) is -9.15. The third kappa shape index (κ3) is 5.34. The van der Waals surface area contributed by atoms with Crippen molar-refractivity contribution in [2.45, 2.75) is 16.2 Å². The molecule has 6 rings (SSSR count). The van der Waals surface area contributed by atoms with Gasteiger partial charge in [-0.25, -0.2) is 3.63 Å². The minimum Gasteiger partial charge on any atom is -0.209 e. The summed E-state index contributed by atoms with van der Waals surface area (Å²) in [5.74, 6) is -0.128. The first-order valence-corrected chi connectivity index (χ1v) is 16.7. The molecule has 43 heavy (non-hydrogen) atoms. The first kappa shape index (κ1) is 28.7. The van der Waals surface area contributed by atoms with Crippen molar-refractivity contribution in [3.63, 3.8) is 0 Å². The monoisotopic (exact) mass is 615 g/mol. The van der Waals surface area contributed by atoms with Crippen LogP contribution in [0, 0.1) is 11.3 Å². The predicted octanol–water partition coefficient (Wildman–Crippen LogP) is 9.46. The van der Waals surface area contributed by atoms with Crippen LogP contribution in [0.3, 0.4) is 0 Å².